The Balaban J connectivity index is 1.91. The van der Waals surface area contributed by atoms with Gasteiger partial charge in [0.25, 0.3) is 0 Å². The Labute approximate surface area is 126 Å². The lowest BCUT2D eigenvalue weighted by Gasteiger charge is -1.99. The molecule has 1 aliphatic heterocycles. The molecular weight excluding hydrogens is 291 g/mol. The predicted octanol–water partition coefficient (Wildman–Crippen LogP) is 4.46. The van der Waals surface area contributed by atoms with Crippen LogP contribution in [0.25, 0.3) is 11.6 Å². The fourth-order valence-corrected chi connectivity index (χ4v) is 2.14. The zero-order valence-electron chi connectivity index (χ0n) is 10.8. The maximum Gasteiger partial charge on any atom is 0.344 e. The Hall–Kier alpha value is -2.39. The van der Waals surface area contributed by atoms with Crippen molar-refractivity contribution in [1.82, 2.24) is 0 Å². The molecule has 0 fully saturated rings. The van der Waals surface area contributed by atoms with Crippen LogP contribution in [0.3, 0.4) is 0 Å². The highest BCUT2D eigenvalue weighted by Gasteiger charge is 2.22. The summed E-state index contributed by atoms with van der Waals surface area (Å²) >= 11 is 5.83. The van der Waals surface area contributed by atoms with Crippen LogP contribution in [-0.2, 0) is 9.53 Å². The summed E-state index contributed by atoms with van der Waals surface area (Å²) in [6.07, 6.45) is 3.34. The molecular formula is C17H10ClFO2. The van der Waals surface area contributed by atoms with Crippen LogP contribution < -0.4 is 0 Å². The second-order valence-corrected chi connectivity index (χ2v) is 4.99. The number of hydrogen-bond acceptors (Lipinski definition) is 2. The fraction of sp³-hybridized carbons (Fsp3) is 0. The van der Waals surface area contributed by atoms with E-state index in [1.54, 1.807) is 48.6 Å². The van der Waals surface area contributed by atoms with Crippen molar-refractivity contribution in [2.45, 2.75) is 0 Å². The third-order valence-electron chi connectivity index (χ3n) is 3.05. The van der Waals surface area contributed by atoms with E-state index < -0.39 is 5.97 Å². The first-order chi connectivity index (χ1) is 10.1. The van der Waals surface area contributed by atoms with Crippen molar-refractivity contribution >= 4 is 29.2 Å². The summed E-state index contributed by atoms with van der Waals surface area (Å²) in [5, 5.41) is 0.604. The van der Waals surface area contributed by atoms with E-state index in [0.717, 1.165) is 11.1 Å². The number of cyclic esters (lactones) is 1. The number of carbonyl (C=O) groups excluding carboxylic acids is 1. The highest BCUT2D eigenvalue weighted by atomic mass is 35.5. The van der Waals surface area contributed by atoms with Crippen LogP contribution in [0.1, 0.15) is 11.1 Å². The lowest BCUT2D eigenvalue weighted by molar-refractivity contribution is -0.131. The minimum atomic E-state index is -0.411. The summed E-state index contributed by atoms with van der Waals surface area (Å²) in [6, 6.07) is 12.9. The van der Waals surface area contributed by atoms with Crippen molar-refractivity contribution in [1.29, 1.82) is 0 Å². The van der Waals surface area contributed by atoms with Crippen LogP contribution in [0.2, 0.25) is 5.02 Å². The number of ether oxygens (including phenoxy) is 1. The average molecular weight is 301 g/mol. The molecule has 0 bridgehead atoms. The molecule has 0 aromatic heterocycles. The minimum absolute atomic E-state index is 0.307. The standard InChI is InChI=1S/C17H10ClFO2/c18-13-5-3-12(4-6-13)16-10-15(21-17(16)20)9-11-1-7-14(19)8-2-11/h1-10H/b15-9-. The van der Waals surface area contributed by atoms with Crippen molar-refractivity contribution in [2.24, 2.45) is 0 Å². The number of allylic oxidation sites excluding steroid dienone is 1. The van der Waals surface area contributed by atoms with Crippen LogP contribution in [0.15, 0.2) is 60.4 Å². The van der Waals surface area contributed by atoms with Crippen LogP contribution in [0.5, 0.6) is 0 Å². The number of halogens is 2. The van der Waals surface area contributed by atoms with Crippen LogP contribution in [0.4, 0.5) is 4.39 Å². The van der Waals surface area contributed by atoms with Crippen LogP contribution >= 0.6 is 11.6 Å². The Kier molecular flexibility index (Phi) is 3.59. The molecule has 21 heavy (non-hydrogen) atoms. The van der Waals surface area contributed by atoms with E-state index in [1.807, 2.05) is 0 Å². The lowest BCUT2D eigenvalue weighted by atomic mass is 10.1. The summed E-state index contributed by atoms with van der Waals surface area (Å²) in [5.41, 5.74) is 1.97. The number of hydrogen-bond donors (Lipinski definition) is 0. The molecule has 3 rings (SSSR count). The molecule has 0 atom stereocenters. The van der Waals surface area contributed by atoms with Gasteiger partial charge in [0.15, 0.2) is 0 Å². The van der Waals surface area contributed by atoms with Gasteiger partial charge in [0.1, 0.15) is 11.6 Å². The zero-order valence-corrected chi connectivity index (χ0v) is 11.6. The van der Waals surface area contributed by atoms with Gasteiger partial charge in [-0.05, 0) is 47.5 Å². The number of esters is 1. The summed E-state index contributed by atoms with van der Waals surface area (Å²) in [5.74, 6) is -0.291. The van der Waals surface area contributed by atoms with Gasteiger partial charge in [0, 0.05) is 5.02 Å². The first-order valence-electron chi connectivity index (χ1n) is 6.29. The molecule has 2 nitrogen and oxygen atoms in total. The van der Waals surface area contributed by atoms with E-state index in [9.17, 15) is 9.18 Å². The first-order valence-corrected chi connectivity index (χ1v) is 6.67. The molecule has 2 aromatic rings. The molecule has 104 valence electrons. The molecule has 1 aliphatic rings. The highest BCUT2D eigenvalue weighted by Crippen LogP contribution is 2.28. The molecule has 0 unspecified atom stereocenters. The highest BCUT2D eigenvalue weighted by molar-refractivity contribution is 6.30. The van der Waals surface area contributed by atoms with Gasteiger partial charge in [-0.3, -0.25) is 0 Å². The van der Waals surface area contributed by atoms with Gasteiger partial charge >= 0.3 is 5.97 Å². The molecule has 0 spiro atoms. The first kappa shape index (κ1) is 13.6. The Morgan fingerprint density at radius 2 is 1.67 bits per heavy atom. The second-order valence-electron chi connectivity index (χ2n) is 4.55. The number of benzene rings is 2. The summed E-state index contributed by atoms with van der Waals surface area (Å²) in [6.45, 7) is 0. The predicted molar refractivity (Wildman–Crippen MR) is 79.9 cm³/mol. The van der Waals surface area contributed by atoms with E-state index in [4.69, 9.17) is 16.3 Å². The van der Waals surface area contributed by atoms with Gasteiger partial charge in [0.2, 0.25) is 0 Å². The molecule has 0 aliphatic carbocycles. The Morgan fingerprint density at radius 1 is 1.00 bits per heavy atom. The van der Waals surface area contributed by atoms with E-state index in [-0.39, 0.29) is 5.82 Å². The molecule has 1 heterocycles. The topological polar surface area (TPSA) is 26.3 Å². The molecule has 0 radical (unpaired) electrons. The van der Waals surface area contributed by atoms with Crippen molar-refractivity contribution in [3.05, 3.63) is 82.3 Å². The third-order valence-corrected chi connectivity index (χ3v) is 3.30. The van der Waals surface area contributed by atoms with Gasteiger partial charge < -0.3 is 4.74 Å². The van der Waals surface area contributed by atoms with Gasteiger partial charge in [-0.25, -0.2) is 9.18 Å². The smallest absolute Gasteiger partial charge is 0.344 e. The quantitative estimate of drug-likeness (QED) is 0.765. The van der Waals surface area contributed by atoms with Crippen molar-refractivity contribution in [3.8, 4) is 0 Å². The maximum absolute atomic E-state index is 12.8. The van der Waals surface area contributed by atoms with E-state index in [1.165, 1.54) is 12.1 Å². The van der Waals surface area contributed by atoms with Gasteiger partial charge in [-0.15, -0.1) is 0 Å². The molecule has 0 saturated carbocycles. The molecule has 4 heteroatoms. The van der Waals surface area contributed by atoms with Crippen LogP contribution in [0, 0.1) is 5.82 Å². The molecule has 0 saturated heterocycles. The summed E-state index contributed by atoms with van der Waals surface area (Å²) in [4.78, 5) is 11.9. The molecule has 2 aromatic carbocycles. The second kappa shape index (κ2) is 5.54. The third kappa shape index (κ3) is 3.03. The zero-order chi connectivity index (χ0) is 14.8. The van der Waals surface area contributed by atoms with Crippen molar-refractivity contribution in [2.75, 3.05) is 0 Å². The van der Waals surface area contributed by atoms with Gasteiger partial charge in [-0.2, -0.15) is 0 Å². The summed E-state index contributed by atoms with van der Waals surface area (Å²) in [7, 11) is 0. The van der Waals surface area contributed by atoms with E-state index in [0.29, 0.717) is 16.4 Å². The maximum atomic E-state index is 12.8. The van der Waals surface area contributed by atoms with Gasteiger partial charge in [0.05, 0.1) is 5.57 Å². The van der Waals surface area contributed by atoms with E-state index in [2.05, 4.69) is 0 Å². The minimum Gasteiger partial charge on any atom is -0.423 e. The monoisotopic (exact) mass is 300 g/mol. The molecule has 0 amide bonds. The van der Waals surface area contributed by atoms with E-state index >= 15 is 0 Å². The van der Waals surface area contributed by atoms with Gasteiger partial charge in [-0.1, -0.05) is 35.9 Å². The van der Waals surface area contributed by atoms with Crippen molar-refractivity contribution < 1.29 is 13.9 Å². The SMILES string of the molecule is O=C1O/C(=C\c2ccc(F)cc2)C=C1c1ccc(Cl)cc1. The fourth-order valence-electron chi connectivity index (χ4n) is 2.02. The number of carbonyl (C=O) groups is 1. The molecule has 0 N–H and O–H groups in total. The van der Waals surface area contributed by atoms with Crippen molar-refractivity contribution in [3.63, 3.8) is 0 Å². The Bertz CT molecular complexity index is 743. The average Bonchev–Trinajstić information content (AvgIpc) is 2.83. The normalized spacial score (nSPS) is 16.0. The lowest BCUT2D eigenvalue weighted by Crippen LogP contribution is -1.97. The summed E-state index contributed by atoms with van der Waals surface area (Å²) < 4.78 is 18.0. The van der Waals surface area contributed by atoms with Crippen LogP contribution in [-0.4, -0.2) is 5.97 Å². The Morgan fingerprint density at radius 3 is 2.33 bits per heavy atom. The number of rotatable bonds is 2. The largest absolute Gasteiger partial charge is 0.423 e.